The predicted octanol–water partition coefficient (Wildman–Crippen LogP) is 1.60. The molecular formula is C21H24N4O2. The van der Waals surface area contributed by atoms with Crippen LogP contribution in [0.3, 0.4) is 0 Å². The van der Waals surface area contributed by atoms with Crippen molar-refractivity contribution in [2.75, 3.05) is 20.1 Å². The third-order valence-electron chi connectivity index (χ3n) is 5.65. The van der Waals surface area contributed by atoms with Crippen LogP contribution in [0.25, 0.3) is 0 Å². The number of amides is 2. The molecule has 2 aliphatic heterocycles. The number of fused-ring (bicyclic) bond motifs is 1. The molecule has 4 rings (SSSR count). The minimum atomic E-state index is -0.398. The summed E-state index contributed by atoms with van der Waals surface area (Å²) in [4.78, 5) is 31.0. The summed E-state index contributed by atoms with van der Waals surface area (Å²) < 4.78 is 0. The minimum absolute atomic E-state index is 0.00913. The molecule has 27 heavy (non-hydrogen) atoms. The van der Waals surface area contributed by atoms with E-state index in [2.05, 4.69) is 33.8 Å². The number of carbonyl (C=O) groups excluding carboxylic acids is 2. The van der Waals surface area contributed by atoms with E-state index in [1.54, 1.807) is 24.3 Å². The van der Waals surface area contributed by atoms with E-state index in [0.717, 1.165) is 18.5 Å². The number of hydrogen-bond donors (Lipinski definition) is 2. The summed E-state index contributed by atoms with van der Waals surface area (Å²) in [6.07, 6.45) is 4.67. The van der Waals surface area contributed by atoms with Crippen LogP contribution in [0.4, 0.5) is 0 Å². The van der Waals surface area contributed by atoms with Crippen LogP contribution in [-0.2, 0) is 16.0 Å². The Bertz CT molecular complexity index is 839. The number of hydrogen-bond acceptors (Lipinski definition) is 4. The van der Waals surface area contributed by atoms with E-state index in [0.29, 0.717) is 6.54 Å². The molecule has 1 aromatic heterocycles. The zero-order valence-electron chi connectivity index (χ0n) is 15.4. The summed E-state index contributed by atoms with van der Waals surface area (Å²) >= 11 is 0. The Labute approximate surface area is 159 Å². The summed E-state index contributed by atoms with van der Waals surface area (Å²) in [6, 6.07) is 11.9. The topological polar surface area (TPSA) is 74.3 Å². The summed E-state index contributed by atoms with van der Waals surface area (Å²) in [6.45, 7) is 1.42. The Kier molecular flexibility index (Phi) is 4.90. The lowest BCUT2D eigenvalue weighted by atomic mass is 9.92. The molecule has 2 N–H and O–H groups in total. The summed E-state index contributed by atoms with van der Waals surface area (Å²) in [5, 5.41) is 6.55. The van der Waals surface area contributed by atoms with Gasteiger partial charge in [-0.25, -0.2) is 0 Å². The van der Waals surface area contributed by atoms with Crippen molar-refractivity contribution in [3.63, 3.8) is 0 Å². The second-order valence-electron chi connectivity index (χ2n) is 7.25. The lowest BCUT2D eigenvalue weighted by Gasteiger charge is -2.28. The molecule has 0 aliphatic carbocycles. The average Bonchev–Trinajstić information content (AvgIpc) is 3.01. The zero-order chi connectivity index (χ0) is 18.8. The monoisotopic (exact) mass is 364 g/mol. The second-order valence-corrected chi connectivity index (χ2v) is 7.25. The molecule has 3 heterocycles. The van der Waals surface area contributed by atoms with Crippen molar-refractivity contribution < 1.29 is 9.59 Å². The largest absolute Gasteiger partial charge is 0.354 e. The molecule has 3 unspecified atom stereocenters. The smallest absolute Gasteiger partial charge is 0.226 e. The Hall–Kier alpha value is -2.73. The molecule has 2 aromatic rings. The highest BCUT2D eigenvalue weighted by Gasteiger charge is 2.42. The molecule has 2 aliphatic rings. The van der Waals surface area contributed by atoms with Gasteiger partial charge in [0, 0.05) is 38.4 Å². The maximum Gasteiger partial charge on any atom is 0.226 e. The first kappa shape index (κ1) is 17.7. The van der Waals surface area contributed by atoms with E-state index in [-0.39, 0.29) is 30.3 Å². The lowest BCUT2D eigenvalue weighted by Crippen LogP contribution is -2.41. The number of likely N-dealkylation sites (tertiary alicyclic amines) is 1. The highest BCUT2D eigenvalue weighted by molar-refractivity contribution is 5.90. The minimum Gasteiger partial charge on any atom is -0.354 e. The lowest BCUT2D eigenvalue weighted by molar-refractivity contribution is -0.128. The van der Waals surface area contributed by atoms with Crippen molar-refractivity contribution >= 4 is 11.8 Å². The van der Waals surface area contributed by atoms with Gasteiger partial charge in [-0.2, -0.15) is 0 Å². The van der Waals surface area contributed by atoms with E-state index in [1.165, 1.54) is 11.1 Å². The first-order valence-electron chi connectivity index (χ1n) is 9.39. The third kappa shape index (κ3) is 3.45. The van der Waals surface area contributed by atoms with Gasteiger partial charge in [-0.15, -0.1) is 0 Å². The maximum atomic E-state index is 12.9. The molecule has 2 amide bonds. The Morgan fingerprint density at radius 3 is 2.96 bits per heavy atom. The molecule has 0 spiro atoms. The first-order valence-corrected chi connectivity index (χ1v) is 9.39. The first-order chi connectivity index (χ1) is 13.1. The fraction of sp³-hybridized carbons (Fsp3) is 0.381. The van der Waals surface area contributed by atoms with Crippen LogP contribution in [-0.4, -0.2) is 41.8 Å². The molecule has 1 aromatic carbocycles. The van der Waals surface area contributed by atoms with Gasteiger partial charge < -0.3 is 15.5 Å². The quantitative estimate of drug-likeness (QED) is 0.864. The Morgan fingerprint density at radius 2 is 2.15 bits per heavy atom. The number of nitrogens with zero attached hydrogens (tertiary/aromatic N) is 2. The van der Waals surface area contributed by atoms with Gasteiger partial charge in [0.05, 0.1) is 12.0 Å². The van der Waals surface area contributed by atoms with Crippen LogP contribution < -0.4 is 10.6 Å². The van der Waals surface area contributed by atoms with Crippen molar-refractivity contribution in [3.8, 4) is 0 Å². The van der Waals surface area contributed by atoms with Gasteiger partial charge in [0.1, 0.15) is 0 Å². The highest BCUT2D eigenvalue weighted by atomic mass is 16.2. The molecule has 0 radical (unpaired) electrons. The zero-order valence-corrected chi connectivity index (χ0v) is 15.4. The van der Waals surface area contributed by atoms with Crippen LogP contribution in [0, 0.1) is 5.92 Å². The van der Waals surface area contributed by atoms with Crippen LogP contribution in [0.5, 0.6) is 0 Å². The number of carbonyl (C=O) groups is 2. The van der Waals surface area contributed by atoms with Crippen LogP contribution in [0.2, 0.25) is 0 Å². The van der Waals surface area contributed by atoms with E-state index in [9.17, 15) is 9.59 Å². The fourth-order valence-electron chi connectivity index (χ4n) is 4.22. The van der Waals surface area contributed by atoms with Gasteiger partial charge in [-0.3, -0.25) is 14.6 Å². The standard InChI is InChI=1S/C21H24N4O2/c1-25-19(26)11-17(20(25)15-6-4-9-22-12-15)21(27)24-13-18-16-7-3-2-5-14(16)8-10-23-18/h2-7,9,12,17-18,20,23H,8,10-11,13H2,1H3,(H,24,27). The van der Waals surface area contributed by atoms with Crippen molar-refractivity contribution in [2.45, 2.75) is 24.9 Å². The maximum absolute atomic E-state index is 12.9. The molecule has 0 saturated carbocycles. The molecule has 6 heteroatoms. The summed E-state index contributed by atoms with van der Waals surface area (Å²) in [7, 11) is 1.76. The average molecular weight is 364 g/mol. The SMILES string of the molecule is CN1C(=O)CC(C(=O)NCC2NCCc3ccccc32)C1c1cccnc1. The number of rotatable bonds is 4. The van der Waals surface area contributed by atoms with E-state index >= 15 is 0 Å². The van der Waals surface area contributed by atoms with Crippen molar-refractivity contribution in [2.24, 2.45) is 5.92 Å². The van der Waals surface area contributed by atoms with Gasteiger partial charge in [0.15, 0.2) is 0 Å². The molecule has 1 saturated heterocycles. The van der Waals surface area contributed by atoms with Gasteiger partial charge in [-0.05, 0) is 35.7 Å². The van der Waals surface area contributed by atoms with Gasteiger partial charge in [0.25, 0.3) is 0 Å². The molecule has 1 fully saturated rings. The highest BCUT2D eigenvalue weighted by Crippen LogP contribution is 2.36. The molecule has 140 valence electrons. The van der Waals surface area contributed by atoms with E-state index in [1.807, 2.05) is 18.2 Å². The van der Waals surface area contributed by atoms with Gasteiger partial charge in [0.2, 0.25) is 11.8 Å². The van der Waals surface area contributed by atoms with E-state index < -0.39 is 5.92 Å². The van der Waals surface area contributed by atoms with Crippen molar-refractivity contribution in [1.82, 2.24) is 20.5 Å². The number of aromatic nitrogens is 1. The molecular weight excluding hydrogens is 340 g/mol. The van der Waals surface area contributed by atoms with Crippen LogP contribution in [0.15, 0.2) is 48.8 Å². The summed E-state index contributed by atoms with van der Waals surface area (Å²) in [5.41, 5.74) is 3.47. The van der Waals surface area contributed by atoms with Gasteiger partial charge >= 0.3 is 0 Å². The Balaban J connectivity index is 1.47. The second kappa shape index (κ2) is 7.48. The van der Waals surface area contributed by atoms with Crippen molar-refractivity contribution in [3.05, 3.63) is 65.5 Å². The Morgan fingerprint density at radius 1 is 1.30 bits per heavy atom. The number of pyridine rings is 1. The molecule has 6 nitrogen and oxygen atoms in total. The van der Waals surface area contributed by atoms with Gasteiger partial charge in [-0.1, -0.05) is 30.3 Å². The summed E-state index contributed by atoms with van der Waals surface area (Å²) in [5.74, 6) is -0.484. The molecule has 0 bridgehead atoms. The third-order valence-corrected chi connectivity index (χ3v) is 5.65. The van der Waals surface area contributed by atoms with Crippen LogP contribution in [0.1, 0.15) is 35.2 Å². The normalized spacial score (nSPS) is 24.6. The number of nitrogens with one attached hydrogen (secondary N) is 2. The van der Waals surface area contributed by atoms with Crippen molar-refractivity contribution in [1.29, 1.82) is 0 Å². The molecule has 3 atom stereocenters. The van der Waals surface area contributed by atoms with Crippen LogP contribution >= 0.6 is 0 Å². The fourth-order valence-corrected chi connectivity index (χ4v) is 4.22. The number of benzene rings is 1. The van der Waals surface area contributed by atoms with E-state index in [4.69, 9.17) is 0 Å². The predicted molar refractivity (Wildman–Crippen MR) is 102 cm³/mol.